The standard InChI is InChI=1S/C16H21N3O/c20-16(19-13-7-9-17-10-8-13)6-5-12-11-18-15-4-2-1-3-14(12)15/h1-4,11,13,17-18H,5-10H2,(H,19,20). The van der Waals surface area contributed by atoms with E-state index in [1.54, 1.807) is 0 Å². The van der Waals surface area contributed by atoms with Crippen molar-refractivity contribution in [2.45, 2.75) is 31.7 Å². The summed E-state index contributed by atoms with van der Waals surface area (Å²) in [5.74, 6) is 0.169. The van der Waals surface area contributed by atoms with Crippen LogP contribution in [0.3, 0.4) is 0 Å². The largest absolute Gasteiger partial charge is 0.361 e. The molecule has 4 heteroatoms. The Bertz CT molecular complexity index is 584. The second kappa shape index (κ2) is 6.09. The van der Waals surface area contributed by atoms with E-state index in [0.717, 1.165) is 37.9 Å². The average Bonchev–Trinajstić information content (AvgIpc) is 2.89. The van der Waals surface area contributed by atoms with Gasteiger partial charge in [-0.25, -0.2) is 0 Å². The SMILES string of the molecule is O=C(CCc1c[nH]c2ccccc12)NC1CCNCC1. The van der Waals surface area contributed by atoms with Crippen molar-refractivity contribution < 1.29 is 4.79 Å². The smallest absolute Gasteiger partial charge is 0.220 e. The molecule has 106 valence electrons. The van der Waals surface area contributed by atoms with Crippen molar-refractivity contribution in [3.05, 3.63) is 36.0 Å². The highest BCUT2D eigenvalue weighted by atomic mass is 16.1. The van der Waals surface area contributed by atoms with E-state index in [1.807, 2.05) is 18.3 Å². The van der Waals surface area contributed by atoms with Crippen LogP contribution in [0.5, 0.6) is 0 Å². The molecule has 1 amide bonds. The van der Waals surface area contributed by atoms with Gasteiger partial charge < -0.3 is 15.6 Å². The van der Waals surface area contributed by atoms with Crippen molar-refractivity contribution in [2.24, 2.45) is 0 Å². The fraction of sp³-hybridized carbons (Fsp3) is 0.438. The maximum absolute atomic E-state index is 12.0. The van der Waals surface area contributed by atoms with Gasteiger partial charge in [-0.3, -0.25) is 4.79 Å². The van der Waals surface area contributed by atoms with Crippen molar-refractivity contribution in [3.8, 4) is 0 Å². The quantitative estimate of drug-likeness (QED) is 0.796. The van der Waals surface area contributed by atoms with E-state index in [0.29, 0.717) is 12.5 Å². The fourth-order valence-corrected chi connectivity index (χ4v) is 2.85. The van der Waals surface area contributed by atoms with Gasteiger partial charge >= 0.3 is 0 Å². The molecule has 3 N–H and O–H groups in total. The number of aryl methyl sites for hydroxylation is 1. The number of nitrogens with one attached hydrogen (secondary N) is 3. The van der Waals surface area contributed by atoms with Gasteiger partial charge in [-0.2, -0.15) is 0 Å². The van der Waals surface area contributed by atoms with Crippen molar-refractivity contribution in [1.29, 1.82) is 0 Å². The molecule has 0 radical (unpaired) electrons. The van der Waals surface area contributed by atoms with E-state index in [2.05, 4.69) is 27.8 Å². The van der Waals surface area contributed by atoms with E-state index in [-0.39, 0.29) is 5.91 Å². The van der Waals surface area contributed by atoms with Crippen molar-refractivity contribution >= 4 is 16.8 Å². The number of aromatic amines is 1. The molecule has 0 saturated carbocycles. The lowest BCUT2D eigenvalue weighted by Gasteiger charge is -2.23. The summed E-state index contributed by atoms with van der Waals surface area (Å²) in [6, 6.07) is 8.58. The molecule has 0 atom stereocenters. The Morgan fingerprint density at radius 3 is 2.90 bits per heavy atom. The van der Waals surface area contributed by atoms with Gasteiger partial charge in [-0.1, -0.05) is 18.2 Å². The Hall–Kier alpha value is -1.81. The van der Waals surface area contributed by atoms with Crippen LogP contribution in [0.2, 0.25) is 0 Å². The van der Waals surface area contributed by atoms with Crippen LogP contribution in [-0.4, -0.2) is 30.0 Å². The monoisotopic (exact) mass is 271 g/mol. The summed E-state index contributed by atoms with van der Waals surface area (Å²) in [4.78, 5) is 15.3. The third kappa shape index (κ3) is 3.02. The molecule has 2 aromatic rings. The highest BCUT2D eigenvalue weighted by Crippen LogP contribution is 2.18. The van der Waals surface area contributed by atoms with E-state index in [1.165, 1.54) is 10.9 Å². The molecule has 1 aliphatic heterocycles. The Balaban J connectivity index is 1.54. The molecular formula is C16H21N3O. The summed E-state index contributed by atoms with van der Waals surface area (Å²) in [5, 5.41) is 7.67. The van der Waals surface area contributed by atoms with E-state index in [9.17, 15) is 4.79 Å². The maximum atomic E-state index is 12.0. The van der Waals surface area contributed by atoms with Crippen LogP contribution in [0, 0.1) is 0 Å². The van der Waals surface area contributed by atoms with Crippen LogP contribution in [0.25, 0.3) is 10.9 Å². The third-order valence-corrected chi connectivity index (χ3v) is 4.00. The first kappa shape index (κ1) is 13.2. The number of rotatable bonds is 4. The molecule has 0 bridgehead atoms. The fourth-order valence-electron chi connectivity index (χ4n) is 2.85. The number of amides is 1. The molecular weight excluding hydrogens is 250 g/mol. The topological polar surface area (TPSA) is 56.9 Å². The summed E-state index contributed by atoms with van der Waals surface area (Å²) in [6.45, 7) is 2.01. The lowest BCUT2D eigenvalue weighted by atomic mass is 10.1. The first-order chi connectivity index (χ1) is 9.83. The van der Waals surface area contributed by atoms with Crippen LogP contribution in [0.4, 0.5) is 0 Å². The summed E-state index contributed by atoms with van der Waals surface area (Å²) in [5.41, 5.74) is 2.36. The molecule has 20 heavy (non-hydrogen) atoms. The number of carbonyl (C=O) groups excluding carboxylic acids is 1. The first-order valence-electron chi connectivity index (χ1n) is 7.38. The van der Waals surface area contributed by atoms with E-state index in [4.69, 9.17) is 0 Å². The van der Waals surface area contributed by atoms with Crippen LogP contribution in [0.1, 0.15) is 24.8 Å². The third-order valence-electron chi connectivity index (χ3n) is 4.00. The minimum Gasteiger partial charge on any atom is -0.361 e. The molecule has 1 fully saturated rings. The lowest BCUT2D eigenvalue weighted by molar-refractivity contribution is -0.121. The number of H-pyrrole nitrogens is 1. The normalized spacial score (nSPS) is 16.4. The number of piperidine rings is 1. The zero-order valence-corrected chi connectivity index (χ0v) is 11.6. The van der Waals surface area contributed by atoms with Gasteiger partial charge in [0, 0.05) is 29.6 Å². The van der Waals surface area contributed by atoms with Gasteiger partial charge in [0.2, 0.25) is 5.91 Å². The minimum absolute atomic E-state index is 0.169. The maximum Gasteiger partial charge on any atom is 0.220 e. The number of hydrogen-bond donors (Lipinski definition) is 3. The van der Waals surface area contributed by atoms with E-state index < -0.39 is 0 Å². The van der Waals surface area contributed by atoms with Gasteiger partial charge in [-0.05, 0) is 44.0 Å². The lowest BCUT2D eigenvalue weighted by Crippen LogP contribution is -2.42. The van der Waals surface area contributed by atoms with Gasteiger partial charge in [0.15, 0.2) is 0 Å². The summed E-state index contributed by atoms with van der Waals surface area (Å²) >= 11 is 0. The van der Waals surface area contributed by atoms with Gasteiger partial charge in [-0.15, -0.1) is 0 Å². The van der Waals surface area contributed by atoms with Crippen molar-refractivity contribution in [3.63, 3.8) is 0 Å². The zero-order chi connectivity index (χ0) is 13.8. The minimum atomic E-state index is 0.169. The number of fused-ring (bicyclic) bond motifs is 1. The second-order valence-corrected chi connectivity index (χ2v) is 5.45. The van der Waals surface area contributed by atoms with Gasteiger partial charge in [0.25, 0.3) is 0 Å². The molecule has 3 rings (SSSR count). The van der Waals surface area contributed by atoms with E-state index >= 15 is 0 Å². The van der Waals surface area contributed by atoms with Crippen LogP contribution in [0.15, 0.2) is 30.5 Å². The number of aromatic nitrogens is 1. The Labute approximate surface area is 118 Å². The Morgan fingerprint density at radius 2 is 2.05 bits per heavy atom. The molecule has 0 spiro atoms. The molecule has 4 nitrogen and oxygen atoms in total. The summed E-state index contributed by atoms with van der Waals surface area (Å²) < 4.78 is 0. The molecule has 1 saturated heterocycles. The first-order valence-corrected chi connectivity index (χ1v) is 7.38. The highest BCUT2D eigenvalue weighted by Gasteiger charge is 2.15. The van der Waals surface area contributed by atoms with Crippen LogP contribution in [-0.2, 0) is 11.2 Å². The number of para-hydroxylation sites is 1. The number of carbonyl (C=O) groups is 1. The van der Waals surface area contributed by atoms with Gasteiger partial charge in [0.05, 0.1) is 0 Å². The summed E-state index contributed by atoms with van der Waals surface area (Å²) in [7, 11) is 0. The molecule has 0 aliphatic carbocycles. The molecule has 2 heterocycles. The second-order valence-electron chi connectivity index (χ2n) is 5.45. The Kier molecular flexibility index (Phi) is 4.02. The number of benzene rings is 1. The molecule has 1 aliphatic rings. The molecule has 0 unspecified atom stereocenters. The average molecular weight is 271 g/mol. The van der Waals surface area contributed by atoms with Crippen LogP contribution >= 0.6 is 0 Å². The zero-order valence-electron chi connectivity index (χ0n) is 11.6. The van der Waals surface area contributed by atoms with Gasteiger partial charge in [0.1, 0.15) is 0 Å². The Morgan fingerprint density at radius 1 is 1.25 bits per heavy atom. The predicted molar refractivity (Wildman–Crippen MR) is 80.7 cm³/mol. The summed E-state index contributed by atoms with van der Waals surface area (Å²) in [6.07, 6.45) is 5.45. The molecule has 1 aromatic carbocycles. The van der Waals surface area contributed by atoms with Crippen molar-refractivity contribution in [1.82, 2.24) is 15.6 Å². The van der Waals surface area contributed by atoms with Crippen molar-refractivity contribution in [2.75, 3.05) is 13.1 Å². The number of hydrogen-bond acceptors (Lipinski definition) is 2. The molecule has 1 aromatic heterocycles. The predicted octanol–water partition coefficient (Wildman–Crippen LogP) is 1.97. The van der Waals surface area contributed by atoms with Crippen LogP contribution < -0.4 is 10.6 Å². The highest BCUT2D eigenvalue weighted by molar-refractivity contribution is 5.84.